The second kappa shape index (κ2) is 2.50. The van der Waals surface area contributed by atoms with Crippen LogP contribution in [0.4, 0.5) is 0 Å². The highest BCUT2D eigenvalue weighted by molar-refractivity contribution is 6.29. The fourth-order valence-electron chi connectivity index (χ4n) is 1.42. The molecule has 4 heteroatoms. The van der Waals surface area contributed by atoms with E-state index in [-0.39, 0.29) is 6.04 Å². The largest absolute Gasteiger partial charge is 0.326 e. The van der Waals surface area contributed by atoms with Gasteiger partial charge >= 0.3 is 0 Å². The van der Waals surface area contributed by atoms with Crippen LogP contribution < -0.4 is 5.73 Å². The summed E-state index contributed by atoms with van der Waals surface area (Å²) in [4.78, 5) is 4.17. The Labute approximate surface area is 70.2 Å². The molecule has 1 atom stereocenters. The lowest BCUT2D eigenvalue weighted by Gasteiger charge is -2.20. The first-order valence-corrected chi connectivity index (χ1v) is 4.10. The molecule has 2 heterocycles. The highest BCUT2D eigenvalue weighted by atomic mass is 35.5. The van der Waals surface area contributed by atoms with Crippen molar-refractivity contribution in [2.45, 2.75) is 25.4 Å². The van der Waals surface area contributed by atoms with E-state index in [1.165, 1.54) is 0 Å². The third kappa shape index (κ3) is 1.14. The SMILES string of the molecule is N[C@H]1CCc2ncc(Cl)n2C1. The van der Waals surface area contributed by atoms with Crippen LogP contribution in [0.25, 0.3) is 0 Å². The molecule has 0 aliphatic carbocycles. The quantitative estimate of drug-likeness (QED) is 0.628. The van der Waals surface area contributed by atoms with Gasteiger partial charge in [0.2, 0.25) is 0 Å². The van der Waals surface area contributed by atoms with E-state index in [4.69, 9.17) is 17.3 Å². The highest BCUT2D eigenvalue weighted by Gasteiger charge is 2.17. The molecule has 60 valence electrons. The van der Waals surface area contributed by atoms with Crippen molar-refractivity contribution in [1.82, 2.24) is 9.55 Å². The van der Waals surface area contributed by atoms with Crippen molar-refractivity contribution in [2.75, 3.05) is 0 Å². The Kier molecular flexibility index (Phi) is 1.62. The molecule has 1 aliphatic heterocycles. The number of rotatable bonds is 0. The van der Waals surface area contributed by atoms with E-state index in [2.05, 4.69) is 4.98 Å². The summed E-state index contributed by atoms with van der Waals surface area (Å²) in [7, 11) is 0. The summed E-state index contributed by atoms with van der Waals surface area (Å²) in [5.41, 5.74) is 5.77. The molecule has 2 N–H and O–H groups in total. The second-order valence-corrected chi connectivity index (χ2v) is 3.29. The second-order valence-electron chi connectivity index (χ2n) is 2.91. The summed E-state index contributed by atoms with van der Waals surface area (Å²) in [6.45, 7) is 0.814. The van der Waals surface area contributed by atoms with Gasteiger partial charge in [0.25, 0.3) is 0 Å². The van der Waals surface area contributed by atoms with Gasteiger partial charge in [0.05, 0.1) is 6.20 Å². The minimum Gasteiger partial charge on any atom is -0.326 e. The summed E-state index contributed by atoms with van der Waals surface area (Å²) < 4.78 is 1.98. The van der Waals surface area contributed by atoms with Crippen LogP contribution in [-0.2, 0) is 13.0 Å². The van der Waals surface area contributed by atoms with E-state index in [0.29, 0.717) is 5.15 Å². The van der Waals surface area contributed by atoms with Gasteiger partial charge in [-0.3, -0.25) is 0 Å². The molecule has 2 rings (SSSR count). The molecular formula is C7H10ClN3. The van der Waals surface area contributed by atoms with Gasteiger partial charge in [-0.15, -0.1) is 0 Å². The Morgan fingerprint density at radius 2 is 2.55 bits per heavy atom. The molecule has 0 unspecified atom stereocenters. The lowest BCUT2D eigenvalue weighted by atomic mass is 10.1. The van der Waals surface area contributed by atoms with Crippen LogP contribution in [-0.4, -0.2) is 15.6 Å². The van der Waals surface area contributed by atoms with Crippen LogP contribution in [0, 0.1) is 0 Å². The van der Waals surface area contributed by atoms with Crippen LogP contribution in [0.5, 0.6) is 0 Å². The number of nitrogens with zero attached hydrogens (tertiary/aromatic N) is 2. The third-order valence-electron chi connectivity index (χ3n) is 2.05. The van der Waals surface area contributed by atoms with E-state index in [1.807, 2.05) is 4.57 Å². The molecule has 0 bridgehead atoms. The smallest absolute Gasteiger partial charge is 0.128 e. The number of hydrogen-bond donors (Lipinski definition) is 1. The number of imidazole rings is 1. The van der Waals surface area contributed by atoms with Crippen molar-refractivity contribution in [3.63, 3.8) is 0 Å². The monoisotopic (exact) mass is 171 g/mol. The number of aromatic nitrogens is 2. The van der Waals surface area contributed by atoms with E-state index in [1.54, 1.807) is 6.20 Å². The maximum Gasteiger partial charge on any atom is 0.128 e. The molecule has 1 aromatic heterocycles. The molecule has 0 radical (unpaired) electrons. The number of aryl methyl sites for hydroxylation is 1. The van der Waals surface area contributed by atoms with Crippen LogP contribution in [0.3, 0.4) is 0 Å². The maximum absolute atomic E-state index is 5.87. The van der Waals surface area contributed by atoms with Gasteiger partial charge in [-0.2, -0.15) is 0 Å². The van der Waals surface area contributed by atoms with Crippen molar-refractivity contribution in [3.05, 3.63) is 17.2 Å². The molecule has 0 spiro atoms. The maximum atomic E-state index is 5.87. The first-order valence-electron chi connectivity index (χ1n) is 3.73. The average molecular weight is 172 g/mol. The first-order chi connectivity index (χ1) is 5.27. The molecular weight excluding hydrogens is 162 g/mol. The van der Waals surface area contributed by atoms with E-state index in [9.17, 15) is 0 Å². The zero-order chi connectivity index (χ0) is 7.84. The van der Waals surface area contributed by atoms with Crippen molar-refractivity contribution >= 4 is 11.6 Å². The Balaban J connectivity index is 2.37. The zero-order valence-electron chi connectivity index (χ0n) is 6.13. The predicted molar refractivity (Wildman–Crippen MR) is 43.5 cm³/mol. The van der Waals surface area contributed by atoms with Crippen molar-refractivity contribution in [2.24, 2.45) is 5.73 Å². The summed E-state index contributed by atoms with van der Waals surface area (Å²) in [5, 5.41) is 0.704. The third-order valence-corrected chi connectivity index (χ3v) is 2.35. The van der Waals surface area contributed by atoms with Gasteiger partial charge in [0, 0.05) is 19.0 Å². The first kappa shape index (κ1) is 7.13. The standard InChI is InChI=1S/C7H10ClN3/c8-6-3-10-7-2-1-5(9)4-11(6)7/h3,5H,1-2,4,9H2/t5-/m0/s1. The molecule has 11 heavy (non-hydrogen) atoms. The van der Waals surface area contributed by atoms with E-state index >= 15 is 0 Å². The van der Waals surface area contributed by atoms with Crippen molar-refractivity contribution < 1.29 is 0 Å². The van der Waals surface area contributed by atoms with Crippen LogP contribution in [0.1, 0.15) is 12.2 Å². The lowest BCUT2D eigenvalue weighted by Crippen LogP contribution is -2.31. The molecule has 0 fully saturated rings. The highest BCUT2D eigenvalue weighted by Crippen LogP contribution is 2.18. The summed E-state index contributed by atoms with van der Waals surface area (Å²) in [5.74, 6) is 1.07. The number of hydrogen-bond acceptors (Lipinski definition) is 2. The minimum absolute atomic E-state index is 0.245. The van der Waals surface area contributed by atoms with Gasteiger partial charge in [-0.05, 0) is 6.42 Å². The minimum atomic E-state index is 0.245. The topological polar surface area (TPSA) is 43.8 Å². The molecule has 1 aliphatic rings. The Morgan fingerprint density at radius 1 is 1.73 bits per heavy atom. The Morgan fingerprint density at radius 3 is 3.36 bits per heavy atom. The number of halogens is 1. The number of nitrogens with two attached hydrogens (primary N) is 1. The van der Waals surface area contributed by atoms with Crippen LogP contribution in [0.2, 0.25) is 5.15 Å². The summed E-state index contributed by atoms with van der Waals surface area (Å²) >= 11 is 5.87. The number of fused-ring (bicyclic) bond motifs is 1. The lowest BCUT2D eigenvalue weighted by molar-refractivity contribution is 0.454. The van der Waals surface area contributed by atoms with E-state index < -0.39 is 0 Å². The Bertz CT molecular complexity index is 269. The van der Waals surface area contributed by atoms with Crippen molar-refractivity contribution in [1.29, 1.82) is 0 Å². The van der Waals surface area contributed by atoms with Gasteiger partial charge in [0.1, 0.15) is 11.0 Å². The predicted octanol–water partition coefficient (Wildman–Crippen LogP) is 0.810. The molecule has 0 saturated heterocycles. The average Bonchev–Trinajstić information content (AvgIpc) is 2.33. The molecule has 0 saturated carbocycles. The van der Waals surface area contributed by atoms with Crippen LogP contribution >= 0.6 is 11.6 Å². The zero-order valence-corrected chi connectivity index (χ0v) is 6.88. The fraction of sp³-hybridized carbons (Fsp3) is 0.571. The molecule has 0 amide bonds. The van der Waals surface area contributed by atoms with Crippen LogP contribution in [0.15, 0.2) is 6.20 Å². The van der Waals surface area contributed by atoms with Gasteiger partial charge in [0.15, 0.2) is 0 Å². The molecule has 1 aromatic rings. The summed E-state index contributed by atoms with van der Waals surface area (Å²) in [6.07, 6.45) is 3.66. The van der Waals surface area contributed by atoms with Gasteiger partial charge in [-0.25, -0.2) is 4.98 Å². The molecule has 3 nitrogen and oxygen atoms in total. The van der Waals surface area contributed by atoms with Gasteiger partial charge in [-0.1, -0.05) is 11.6 Å². The summed E-state index contributed by atoms with van der Waals surface area (Å²) in [6, 6.07) is 0.245. The van der Waals surface area contributed by atoms with Crippen molar-refractivity contribution in [3.8, 4) is 0 Å². The molecule has 0 aromatic carbocycles. The van der Waals surface area contributed by atoms with Gasteiger partial charge < -0.3 is 10.3 Å². The Hall–Kier alpha value is -0.540. The van der Waals surface area contributed by atoms with E-state index in [0.717, 1.165) is 25.2 Å². The normalized spacial score (nSPS) is 23.3. The fourth-order valence-corrected chi connectivity index (χ4v) is 1.64.